The van der Waals surface area contributed by atoms with Crippen LogP contribution >= 0.6 is 0 Å². The van der Waals surface area contributed by atoms with Crippen molar-refractivity contribution in [3.8, 4) is 11.1 Å². The van der Waals surface area contributed by atoms with Crippen LogP contribution in [0.1, 0.15) is 27.2 Å². The summed E-state index contributed by atoms with van der Waals surface area (Å²) in [5.41, 5.74) is 7.38. The topological polar surface area (TPSA) is 45.7 Å². The third-order valence-corrected chi connectivity index (χ3v) is 7.08. The summed E-state index contributed by atoms with van der Waals surface area (Å²) in [5.74, 6) is 0.119. The number of para-hydroxylation sites is 1. The van der Waals surface area contributed by atoms with Crippen molar-refractivity contribution in [2.75, 3.05) is 32.8 Å². The van der Waals surface area contributed by atoms with Gasteiger partial charge in [-0.3, -0.25) is 14.7 Å². The van der Waals surface area contributed by atoms with Crippen LogP contribution in [0.2, 0.25) is 0 Å². The first-order valence-electron chi connectivity index (χ1n) is 12.4. The molecule has 1 saturated heterocycles. The fourth-order valence-corrected chi connectivity index (χ4v) is 5.15. The molecule has 3 aromatic carbocycles. The number of carbonyl (C=O) groups excluding carboxylic acids is 1. The second kappa shape index (κ2) is 9.61. The number of fused-ring (bicyclic) bond motifs is 2. The summed E-state index contributed by atoms with van der Waals surface area (Å²) < 4.78 is 5.45. The first-order valence-corrected chi connectivity index (χ1v) is 12.4. The highest BCUT2D eigenvalue weighted by molar-refractivity contribution is 6.04. The second-order valence-electron chi connectivity index (χ2n) is 9.40. The molecule has 3 heterocycles. The van der Waals surface area contributed by atoms with Crippen molar-refractivity contribution in [1.82, 2.24) is 14.8 Å². The number of carbonyl (C=O) groups is 1. The Balaban J connectivity index is 1.17. The van der Waals surface area contributed by atoms with Crippen molar-refractivity contribution in [1.29, 1.82) is 0 Å². The highest BCUT2D eigenvalue weighted by Gasteiger charge is 2.30. The average molecular weight is 464 g/mol. The molecule has 35 heavy (non-hydrogen) atoms. The van der Waals surface area contributed by atoms with Crippen molar-refractivity contribution < 1.29 is 9.53 Å². The zero-order chi connectivity index (χ0) is 23.6. The highest BCUT2D eigenvalue weighted by atomic mass is 16.5. The molecule has 0 spiro atoms. The van der Waals surface area contributed by atoms with Gasteiger partial charge in [0.2, 0.25) is 0 Å². The molecule has 4 aromatic rings. The molecule has 176 valence electrons. The van der Waals surface area contributed by atoms with E-state index in [1.165, 1.54) is 5.56 Å². The Kier molecular flexibility index (Phi) is 6.03. The van der Waals surface area contributed by atoms with E-state index in [9.17, 15) is 4.79 Å². The van der Waals surface area contributed by atoms with Crippen LogP contribution in [0.25, 0.3) is 22.0 Å². The lowest BCUT2D eigenvalue weighted by Crippen LogP contribution is -2.35. The standard InChI is InChI=1S/C30H29N3O2/c34-30-29-25(21-33(30)15-14-26-13-12-24-4-1-2-7-28(24)31-26)5-3-6-27(29)23-10-8-22(9-11-23)20-32-16-18-35-19-17-32/h1-13H,14-21H2. The number of morpholine rings is 1. The Morgan fingerprint density at radius 3 is 2.54 bits per heavy atom. The van der Waals surface area contributed by atoms with Crippen LogP contribution in [-0.4, -0.2) is 53.5 Å². The number of rotatable bonds is 6. The summed E-state index contributed by atoms with van der Waals surface area (Å²) >= 11 is 0. The van der Waals surface area contributed by atoms with E-state index < -0.39 is 0 Å². The van der Waals surface area contributed by atoms with Gasteiger partial charge in [-0.05, 0) is 34.4 Å². The van der Waals surface area contributed by atoms with E-state index in [0.29, 0.717) is 13.1 Å². The number of nitrogens with zero attached hydrogens (tertiary/aromatic N) is 3. The molecular formula is C30H29N3O2. The highest BCUT2D eigenvalue weighted by Crippen LogP contribution is 2.33. The van der Waals surface area contributed by atoms with Crippen molar-refractivity contribution >= 4 is 16.8 Å². The lowest BCUT2D eigenvalue weighted by atomic mass is 9.96. The van der Waals surface area contributed by atoms with Crippen LogP contribution in [0, 0.1) is 0 Å². The SMILES string of the molecule is O=C1c2c(cccc2-c2ccc(CN3CCOCC3)cc2)CN1CCc1ccc2ccccc2n1. The first-order chi connectivity index (χ1) is 17.2. The molecule has 0 bridgehead atoms. The smallest absolute Gasteiger partial charge is 0.255 e. The third kappa shape index (κ3) is 4.57. The molecule has 1 amide bonds. The maximum atomic E-state index is 13.4. The summed E-state index contributed by atoms with van der Waals surface area (Å²) in [5, 5.41) is 1.14. The number of amides is 1. The molecule has 0 unspecified atom stereocenters. The molecular weight excluding hydrogens is 434 g/mol. The van der Waals surface area contributed by atoms with E-state index >= 15 is 0 Å². The number of hydrogen-bond acceptors (Lipinski definition) is 4. The molecule has 1 fully saturated rings. The van der Waals surface area contributed by atoms with Gasteiger partial charge in [0.15, 0.2) is 0 Å². The number of aromatic nitrogens is 1. The lowest BCUT2D eigenvalue weighted by molar-refractivity contribution is 0.0342. The van der Waals surface area contributed by atoms with Gasteiger partial charge < -0.3 is 9.64 Å². The normalized spacial score (nSPS) is 16.1. The summed E-state index contributed by atoms with van der Waals surface area (Å²) in [4.78, 5) is 22.6. The number of hydrogen-bond donors (Lipinski definition) is 0. The molecule has 0 N–H and O–H groups in total. The second-order valence-corrected chi connectivity index (χ2v) is 9.40. The van der Waals surface area contributed by atoms with Gasteiger partial charge in [-0.15, -0.1) is 0 Å². The number of pyridine rings is 1. The zero-order valence-electron chi connectivity index (χ0n) is 19.8. The van der Waals surface area contributed by atoms with E-state index in [-0.39, 0.29) is 5.91 Å². The molecule has 1 aromatic heterocycles. The van der Waals surface area contributed by atoms with Crippen LogP contribution < -0.4 is 0 Å². The molecule has 0 radical (unpaired) electrons. The number of benzene rings is 3. The predicted octanol–water partition coefficient (Wildman–Crippen LogP) is 4.93. The fraction of sp³-hybridized carbons (Fsp3) is 0.267. The molecule has 6 rings (SSSR count). The van der Waals surface area contributed by atoms with Crippen molar-refractivity contribution in [2.45, 2.75) is 19.5 Å². The molecule has 0 saturated carbocycles. The molecule has 2 aliphatic heterocycles. The van der Waals surface area contributed by atoms with Gasteiger partial charge in [0, 0.05) is 50.2 Å². The van der Waals surface area contributed by atoms with Crippen molar-refractivity contribution in [3.05, 3.63) is 101 Å². The van der Waals surface area contributed by atoms with Gasteiger partial charge in [-0.1, -0.05) is 66.7 Å². The van der Waals surface area contributed by atoms with E-state index in [4.69, 9.17) is 9.72 Å². The Bertz CT molecular complexity index is 1360. The Morgan fingerprint density at radius 1 is 0.857 bits per heavy atom. The molecule has 5 nitrogen and oxygen atoms in total. The van der Waals surface area contributed by atoms with Crippen LogP contribution in [0.5, 0.6) is 0 Å². The van der Waals surface area contributed by atoms with Crippen LogP contribution in [0.4, 0.5) is 0 Å². The Hall–Kier alpha value is -3.54. The minimum absolute atomic E-state index is 0.119. The Labute approximate surface area is 206 Å². The van der Waals surface area contributed by atoms with Crippen LogP contribution in [-0.2, 0) is 24.2 Å². The quantitative estimate of drug-likeness (QED) is 0.407. The molecule has 0 atom stereocenters. The lowest BCUT2D eigenvalue weighted by Gasteiger charge is -2.26. The molecule has 0 aliphatic carbocycles. The summed E-state index contributed by atoms with van der Waals surface area (Å²) in [7, 11) is 0. The summed E-state index contributed by atoms with van der Waals surface area (Å²) in [6, 6.07) is 27.2. The maximum absolute atomic E-state index is 13.4. The Morgan fingerprint density at radius 2 is 1.69 bits per heavy atom. The van der Waals surface area contributed by atoms with E-state index in [0.717, 1.165) is 78.1 Å². The third-order valence-electron chi connectivity index (χ3n) is 7.08. The van der Waals surface area contributed by atoms with Crippen molar-refractivity contribution in [2.24, 2.45) is 0 Å². The summed E-state index contributed by atoms with van der Waals surface area (Å²) in [6.07, 6.45) is 0.746. The zero-order valence-corrected chi connectivity index (χ0v) is 19.8. The maximum Gasteiger partial charge on any atom is 0.255 e. The first kappa shape index (κ1) is 22.0. The van der Waals surface area contributed by atoms with Crippen molar-refractivity contribution in [3.63, 3.8) is 0 Å². The van der Waals surface area contributed by atoms with E-state index in [1.54, 1.807) is 0 Å². The van der Waals surface area contributed by atoms with E-state index in [2.05, 4.69) is 65.6 Å². The minimum Gasteiger partial charge on any atom is -0.379 e. The largest absolute Gasteiger partial charge is 0.379 e. The molecule has 5 heteroatoms. The van der Waals surface area contributed by atoms with Gasteiger partial charge in [0.1, 0.15) is 0 Å². The van der Waals surface area contributed by atoms with E-state index in [1.807, 2.05) is 23.1 Å². The van der Waals surface area contributed by atoms with Crippen LogP contribution in [0.3, 0.4) is 0 Å². The monoisotopic (exact) mass is 463 g/mol. The average Bonchev–Trinajstić information content (AvgIpc) is 3.24. The fourth-order valence-electron chi connectivity index (χ4n) is 5.15. The van der Waals surface area contributed by atoms with Gasteiger partial charge in [-0.25, -0.2) is 0 Å². The number of ether oxygens (including phenoxy) is 1. The van der Waals surface area contributed by atoms with Gasteiger partial charge in [0.25, 0.3) is 5.91 Å². The molecule has 2 aliphatic rings. The van der Waals surface area contributed by atoms with Gasteiger partial charge in [0.05, 0.1) is 24.3 Å². The predicted molar refractivity (Wildman–Crippen MR) is 138 cm³/mol. The summed E-state index contributed by atoms with van der Waals surface area (Å²) in [6.45, 7) is 5.83. The van der Waals surface area contributed by atoms with Gasteiger partial charge in [-0.2, -0.15) is 0 Å². The van der Waals surface area contributed by atoms with Crippen LogP contribution in [0.15, 0.2) is 78.9 Å². The minimum atomic E-state index is 0.119. The van der Waals surface area contributed by atoms with Gasteiger partial charge >= 0.3 is 0 Å².